The van der Waals surface area contributed by atoms with E-state index in [0.29, 0.717) is 6.61 Å². The Labute approximate surface area is 143 Å². The van der Waals surface area contributed by atoms with Crippen LogP contribution in [-0.2, 0) is 6.61 Å². The fraction of sp³-hybridized carbons (Fsp3) is 0.0909. The van der Waals surface area contributed by atoms with Crippen LogP contribution < -0.4 is 9.47 Å². The van der Waals surface area contributed by atoms with Gasteiger partial charge in [0.15, 0.2) is 0 Å². The Morgan fingerprint density at radius 1 is 0.917 bits per heavy atom. The van der Waals surface area contributed by atoms with Crippen LogP contribution in [0.3, 0.4) is 0 Å². The van der Waals surface area contributed by atoms with Crippen LogP contribution in [0.4, 0.5) is 0 Å². The number of benzene rings is 3. The van der Waals surface area contributed by atoms with Crippen molar-refractivity contribution >= 4 is 6.08 Å². The lowest BCUT2D eigenvalue weighted by atomic mass is 10.0. The first-order valence-electron chi connectivity index (χ1n) is 7.88. The molecule has 0 radical (unpaired) electrons. The molecule has 0 unspecified atom stereocenters. The van der Waals surface area contributed by atoms with Gasteiger partial charge in [-0.05, 0) is 41.0 Å². The second-order valence-corrected chi connectivity index (χ2v) is 5.46. The maximum atomic E-state index is 6.07. The third kappa shape index (κ3) is 3.66. The van der Waals surface area contributed by atoms with Crippen molar-refractivity contribution in [3.8, 4) is 22.6 Å². The van der Waals surface area contributed by atoms with Gasteiger partial charge in [-0.25, -0.2) is 0 Å². The van der Waals surface area contributed by atoms with E-state index in [1.165, 1.54) is 0 Å². The molecule has 0 aliphatic carbocycles. The quantitative estimate of drug-likeness (QED) is 0.590. The summed E-state index contributed by atoms with van der Waals surface area (Å²) in [5, 5.41) is 0. The second-order valence-electron chi connectivity index (χ2n) is 5.46. The average Bonchev–Trinajstić information content (AvgIpc) is 2.67. The Bertz CT molecular complexity index is 805. The lowest BCUT2D eigenvalue weighted by Gasteiger charge is -2.13. The minimum atomic E-state index is 0.539. The van der Waals surface area contributed by atoms with Gasteiger partial charge >= 0.3 is 0 Å². The summed E-state index contributed by atoms with van der Waals surface area (Å²) in [5.74, 6) is 1.69. The minimum Gasteiger partial charge on any atom is -0.497 e. The summed E-state index contributed by atoms with van der Waals surface area (Å²) in [5.41, 5.74) is 4.34. The second kappa shape index (κ2) is 7.51. The maximum Gasteiger partial charge on any atom is 0.127 e. The topological polar surface area (TPSA) is 18.5 Å². The number of rotatable bonds is 6. The van der Waals surface area contributed by atoms with E-state index in [1.807, 2.05) is 60.7 Å². The average molecular weight is 316 g/mol. The standard InChI is InChI=1S/C22H20O2/c1-3-17-9-14-22(24-16-18-7-5-4-6-8-18)21(15-17)19-10-12-20(23-2)13-11-19/h3-15H,1,16H2,2H3. The van der Waals surface area contributed by atoms with Crippen LogP contribution in [0, 0.1) is 0 Å². The number of hydrogen-bond donors (Lipinski definition) is 0. The Morgan fingerprint density at radius 2 is 1.67 bits per heavy atom. The van der Waals surface area contributed by atoms with Gasteiger partial charge in [-0.3, -0.25) is 0 Å². The summed E-state index contributed by atoms with van der Waals surface area (Å²) in [6.07, 6.45) is 1.84. The molecule has 0 fully saturated rings. The molecule has 0 saturated heterocycles. The first-order chi connectivity index (χ1) is 11.8. The summed E-state index contributed by atoms with van der Waals surface area (Å²) >= 11 is 0. The van der Waals surface area contributed by atoms with Crippen LogP contribution in [0.5, 0.6) is 11.5 Å². The molecule has 3 rings (SSSR count). The molecule has 0 bridgehead atoms. The molecule has 2 nitrogen and oxygen atoms in total. The fourth-order valence-corrected chi connectivity index (χ4v) is 2.53. The molecule has 0 heterocycles. The minimum absolute atomic E-state index is 0.539. The van der Waals surface area contributed by atoms with E-state index in [2.05, 4.69) is 24.8 Å². The molecular weight excluding hydrogens is 296 g/mol. The lowest BCUT2D eigenvalue weighted by Crippen LogP contribution is -1.97. The Morgan fingerprint density at radius 3 is 2.33 bits per heavy atom. The van der Waals surface area contributed by atoms with Crippen molar-refractivity contribution in [2.24, 2.45) is 0 Å². The number of methoxy groups -OCH3 is 1. The predicted molar refractivity (Wildman–Crippen MR) is 99.3 cm³/mol. The van der Waals surface area contributed by atoms with Crippen molar-refractivity contribution in [3.05, 3.63) is 90.5 Å². The summed E-state index contributed by atoms with van der Waals surface area (Å²) in [4.78, 5) is 0. The lowest BCUT2D eigenvalue weighted by molar-refractivity contribution is 0.307. The zero-order valence-electron chi connectivity index (χ0n) is 13.7. The smallest absolute Gasteiger partial charge is 0.127 e. The highest BCUT2D eigenvalue weighted by atomic mass is 16.5. The van der Waals surface area contributed by atoms with Crippen LogP contribution in [0.2, 0.25) is 0 Å². The van der Waals surface area contributed by atoms with Crippen LogP contribution >= 0.6 is 0 Å². The third-order valence-electron chi connectivity index (χ3n) is 3.88. The molecule has 0 aromatic heterocycles. The fourth-order valence-electron chi connectivity index (χ4n) is 2.53. The first-order valence-corrected chi connectivity index (χ1v) is 7.88. The van der Waals surface area contributed by atoms with Gasteiger partial charge in [0.25, 0.3) is 0 Å². The molecule has 2 heteroatoms. The SMILES string of the molecule is C=Cc1ccc(OCc2ccccc2)c(-c2ccc(OC)cc2)c1. The molecule has 0 N–H and O–H groups in total. The van der Waals surface area contributed by atoms with E-state index in [9.17, 15) is 0 Å². The van der Waals surface area contributed by atoms with E-state index < -0.39 is 0 Å². The van der Waals surface area contributed by atoms with Gasteiger partial charge in [-0.15, -0.1) is 0 Å². The normalized spacial score (nSPS) is 10.2. The van der Waals surface area contributed by atoms with Crippen LogP contribution in [0.15, 0.2) is 79.4 Å². The molecule has 0 amide bonds. The summed E-state index contributed by atoms with van der Waals surface area (Å²) in [6.45, 7) is 4.39. The maximum absolute atomic E-state index is 6.07. The molecule has 120 valence electrons. The Balaban J connectivity index is 1.91. The van der Waals surface area contributed by atoms with Gasteiger partial charge in [0.1, 0.15) is 18.1 Å². The van der Waals surface area contributed by atoms with Gasteiger partial charge < -0.3 is 9.47 Å². The van der Waals surface area contributed by atoms with Crippen molar-refractivity contribution in [2.75, 3.05) is 7.11 Å². The van der Waals surface area contributed by atoms with E-state index >= 15 is 0 Å². The zero-order valence-corrected chi connectivity index (χ0v) is 13.7. The summed E-state index contributed by atoms with van der Waals surface area (Å²) < 4.78 is 11.3. The highest BCUT2D eigenvalue weighted by molar-refractivity contribution is 5.73. The first kappa shape index (κ1) is 15.9. The number of hydrogen-bond acceptors (Lipinski definition) is 2. The van der Waals surface area contributed by atoms with E-state index in [0.717, 1.165) is 33.8 Å². The summed E-state index contributed by atoms with van der Waals surface area (Å²) in [6, 6.07) is 24.3. The van der Waals surface area contributed by atoms with Crippen molar-refractivity contribution in [2.45, 2.75) is 6.61 Å². The van der Waals surface area contributed by atoms with Crippen molar-refractivity contribution in [1.82, 2.24) is 0 Å². The van der Waals surface area contributed by atoms with Crippen LogP contribution in [0.25, 0.3) is 17.2 Å². The van der Waals surface area contributed by atoms with E-state index in [1.54, 1.807) is 7.11 Å². The molecule has 0 saturated carbocycles. The highest BCUT2D eigenvalue weighted by Gasteiger charge is 2.08. The highest BCUT2D eigenvalue weighted by Crippen LogP contribution is 2.33. The molecule has 0 aliphatic heterocycles. The van der Waals surface area contributed by atoms with Crippen LogP contribution in [-0.4, -0.2) is 7.11 Å². The third-order valence-corrected chi connectivity index (χ3v) is 3.88. The predicted octanol–water partition coefficient (Wildman–Crippen LogP) is 5.58. The molecule has 3 aromatic carbocycles. The van der Waals surface area contributed by atoms with Gasteiger partial charge in [-0.2, -0.15) is 0 Å². The van der Waals surface area contributed by atoms with Gasteiger partial charge in [0, 0.05) is 5.56 Å². The molecule has 3 aromatic rings. The number of ether oxygens (including phenoxy) is 2. The van der Waals surface area contributed by atoms with E-state index in [4.69, 9.17) is 9.47 Å². The molecular formula is C22H20O2. The molecule has 0 aliphatic rings. The van der Waals surface area contributed by atoms with E-state index in [-0.39, 0.29) is 0 Å². The van der Waals surface area contributed by atoms with Crippen molar-refractivity contribution in [1.29, 1.82) is 0 Å². The van der Waals surface area contributed by atoms with Crippen molar-refractivity contribution < 1.29 is 9.47 Å². The monoisotopic (exact) mass is 316 g/mol. The molecule has 0 spiro atoms. The van der Waals surface area contributed by atoms with Gasteiger partial charge in [-0.1, -0.05) is 61.2 Å². The molecule has 0 atom stereocenters. The Kier molecular flexibility index (Phi) is 4.97. The molecule has 24 heavy (non-hydrogen) atoms. The van der Waals surface area contributed by atoms with Crippen molar-refractivity contribution in [3.63, 3.8) is 0 Å². The largest absolute Gasteiger partial charge is 0.497 e. The summed E-state index contributed by atoms with van der Waals surface area (Å²) in [7, 11) is 1.67. The van der Waals surface area contributed by atoms with Crippen LogP contribution in [0.1, 0.15) is 11.1 Å². The van der Waals surface area contributed by atoms with Gasteiger partial charge in [0.05, 0.1) is 7.11 Å². The van der Waals surface area contributed by atoms with Gasteiger partial charge in [0.2, 0.25) is 0 Å². The Hall–Kier alpha value is -3.00. The zero-order chi connectivity index (χ0) is 16.8.